The molecular weight excluding hydrogens is 617 g/mol. The quantitative estimate of drug-likeness (QED) is 0.166. The summed E-state index contributed by atoms with van der Waals surface area (Å²) >= 11 is 12.7. The van der Waals surface area contributed by atoms with Crippen molar-refractivity contribution in [3.05, 3.63) is 103 Å². The van der Waals surface area contributed by atoms with E-state index in [9.17, 15) is 19.1 Å². The molecule has 7 nitrogen and oxygen atoms in total. The molecule has 0 N–H and O–H groups in total. The van der Waals surface area contributed by atoms with Gasteiger partial charge >= 0.3 is 0 Å². The molecule has 1 aliphatic heterocycles. The fourth-order valence-electron chi connectivity index (χ4n) is 6.85. The molecule has 0 radical (unpaired) electrons. The van der Waals surface area contributed by atoms with Gasteiger partial charge in [-0.2, -0.15) is 0 Å². The van der Waals surface area contributed by atoms with Crippen LogP contribution in [0.15, 0.2) is 59.5 Å². The fraction of sp³-hybridized carbons (Fsp3) is 0.441. The van der Waals surface area contributed by atoms with Crippen molar-refractivity contribution in [2.75, 3.05) is 39.5 Å². The van der Waals surface area contributed by atoms with E-state index in [-0.39, 0.29) is 22.4 Å². The lowest BCUT2D eigenvalue weighted by Crippen LogP contribution is -2.36. The van der Waals surface area contributed by atoms with Gasteiger partial charge in [-0.25, -0.2) is 0 Å². The second-order valence-electron chi connectivity index (χ2n) is 12.0. The van der Waals surface area contributed by atoms with Crippen LogP contribution in [0.3, 0.4) is 0 Å². The zero-order valence-electron chi connectivity index (χ0n) is 25.3. The van der Waals surface area contributed by atoms with E-state index in [1.807, 2.05) is 37.4 Å². The van der Waals surface area contributed by atoms with Gasteiger partial charge in [-0.15, -0.1) is 0 Å². The predicted molar refractivity (Wildman–Crippen MR) is 178 cm³/mol. The molecule has 0 aromatic heterocycles. The number of rotatable bonds is 10. The maximum absolute atomic E-state index is 13.8. The van der Waals surface area contributed by atoms with Crippen molar-refractivity contribution in [3.63, 3.8) is 0 Å². The summed E-state index contributed by atoms with van der Waals surface area (Å²) in [5, 5.41) is 12.6. The van der Waals surface area contributed by atoms with Gasteiger partial charge in [0.2, 0.25) is 0 Å². The maximum Gasteiger partial charge on any atom is 0.272 e. The summed E-state index contributed by atoms with van der Waals surface area (Å²) in [7, 11) is 0.800. The third kappa shape index (κ3) is 7.36. The van der Waals surface area contributed by atoms with E-state index in [1.54, 1.807) is 23.3 Å². The average Bonchev–Trinajstić information content (AvgIpc) is 3.03. The average molecular weight is 657 g/mol. The van der Waals surface area contributed by atoms with Gasteiger partial charge in [0.1, 0.15) is 0 Å². The van der Waals surface area contributed by atoms with Crippen molar-refractivity contribution in [2.24, 2.45) is 0 Å². The minimum atomic E-state index is -1.01. The Hall–Kier alpha value is -2.78. The lowest BCUT2D eigenvalue weighted by Gasteiger charge is -2.34. The molecule has 1 aliphatic carbocycles. The molecule has 0 spiro atoms. The van der Waals surface area contributed by atoms with E-state index in [2.05, 4.69) is 11.0 Å². The number of carbonyl (C=O) groups excluding carboxylic acids is 1. The number of piperidine rings is 1. The van der Waals surface area contributed by atoms with E-state index in [0.29, 0.717) is 46.5 Å². The monoisotopic (exact) mass is 655 g/mol. The molecule has 0 bridgehead atoms. The third-order valence-electron chi connectivity index (χ3n) is 9.24. The number of likely N-dealkylation sites (tertiary alicyclic amines) is 1. The molecule has 44 heavy (non-hydrogen) atoms. The minimum absolute atomic E-state index is 0.0218. The zero-order chi connectivity index (χ0) is 31.4. The molecule has 1 heterocycles. The topological polar surface area (TPSA) is 83.8 Å². The van der Waals surface area contributed by atoms with E-state index < -0.39 is 10.8 Å². The Morgan fingerprint density at radius 3 is 2.43 bits per heavy atom. The van der Waals surface area contributed by atoms with Crippen LogP contribution in [0.1, 0.15) is 76.6 Å². The van der Waals surface area contributed by atoms with Crippen LogP contribution in [0.4, 0.5) is 5.69 Å². The number of nitrogens with zero attached hydrogens (tertiary/aromatic N) is 3. The SMILES string of the molecule is CN(C[C@@H](CCN1CCC(c2ccccc2S(C)=O)CC1)c1ccc(Cl)c(Cl)c1)C(=O)c1ccc([N+](=O)[O-])c2c1CCCC2. The Bertz CT molecular complexity index is 1560. The predicted octanol–water partition coefficient (Wildman–Crippen LogP) is 7.64. The standard InChI is InChI=1S/C34H39Cl2N3O4S/c1-37(34(40)29-12-14-32(39(41)42)28-9-4-3-8-27(28)29)22-25(24-11-13-30(35)31(36)21-24)17-20-38-18-15-23(16-19-38)26-7-5-6-10-33(26)44(2)43/h5-7,10-14,21,23,25H,3-4,8-9,15-20,22H2,1-2H3/t25-,44?/m1/s1. The molecule has 1 fully saturated rings. The summed E-state index contributed by atoms with van der Waals surface area (Å²) in [6.07, 6.45) is 7.71. The van der Waals surface area contributed by atoms with E-state index in [0.717, 1.165) is 67.8 Å². The van der Waals surface area contributed by atoms with Gasteiger partial charge in [0.25, 0.3) is 11.6 Å². The first-order valence-corrected chi connectivity index (χ1v) is 17.6. The lowest BCUT2D eigenvalue weighted by molar-refractivity contribution is -0.385. The van der Waals surface area contributed by atoms with Gasteiger partial charge in [-0.05, 0) is 111 Å². The number of nitro groups is 1. The Morgan fingerprint density at radius 2 is 1.75 bits per heavy atom. The summed E-state index contributed by atoms with van der Waals surface area (Å²) in [6.45, 7) is 3.25. The van der Waals surface area contributed by atoms with Crippen LogP contribution in [-0.2, 0) is 23.6 Å². The van der Waals surface area contributed by atoms with Crippen LogP contribution in [0.5, 0.6) is 0 Å². The molecule has 234 valence electrons. The maximum atomic E-state index is 13.8. The zero-order valence-corrected chi connectivity index (χ0v) is 27.6. The molecular formula is C34H39Cl2N3O4S. The fourth-order valence-corrected chi connectivity index (χ4v) is 8.00. The van der Waals surface area contributed by atoms with Gasteiger partial charge in [0, 0.05) is 47.9 Å². The number of hydrogen-bond acceptors (Lipinski definition) is 5. The molecule has 5 rings (SSSR count). The van der Waals surface area contributed by atoms with Crippen molar-refractivity contribution in [1.29, 1.82) is 0 Å². The van der Waals surface area contributed by atoms with Crippen LogP contribution < -0.4 is 0 Å². The Balaban J connectivity index is 1.29. The molecule has 2 atom stereocenters. The van der Waals surface area contributed by atoms with Crippen LogP contribution in [0, 0.1) is 10.1 Å². The van der Waals surface area contributed by atoms with Crippen molar-refractivity contribution in [3.8, 4) is 0 Å². The Morgan fingerprint density at radius 1 is 1.05 bits per heavy atom. The summed E-state index contributed by atoms with van der Waals surface area (Å²) in [5.74, 6) is 0.304. The van der Waals surface area contributed by atoms with Crippen LogP contribution in [0.25, 0.3) is 0 Å². The van der Waals surface area contributed by atoms with E-state index in [4.69, 9.17) is 23.2 Å². The second-order valence-corrected chi connectivity index (χ2v) is 14.2. The minimum Gasteiger partial charge on any atom is -0.341 e. The number of nitro benzene ring substituents is 1. The summed E-state index contributed by atoms with van der Waals surface area (Å²) < 4.78 is 12.3. The molecule has 10 heteroatoms. The molecule has 0 saturated carbocycles. The first kappa shape index (κ1) is 32.6. The third-order valence-corrected chi connectivity index (χ3v) is 11.0. The van der Waals surface area contributed by atoms with Gasteiger partial charge < -0.3 is 9.80 Å². The number of hydrogen-bond donors (Lipinski definition) is 0. The molecule has 3 aromatic rings. The number of likely N-dealkylation sites (N-methyl/N-ethyl adjacent to an activating group) is 1. The van der Waals surface area contributed by atoms with Gasteiger partial charge in [-0.1, -0.05) is 47.5 Å². The highest BCUT2D eigenvalue weighted by atomic mass is 35.5. The molecule has 3 aromatic carbocycles. The van der Waals surface area contributed by atoms with Crippen molar-refractivity contribution >= 4 is 45.6 Å². The largest absolute Gasteiger partial charge is 0.341 e. The first-order valence-electron chi connectivity index (χ1n) is 15.3. The van der Waals surface area contributed by atoms with Gasteiger partial charge in [0.05, 0.1) is 25.8 Å². The van der Waals surface area contributed by atoms with E-state index in [1.165, 1.54) is 11.6 Å². The van der Waals surface area contributed by atoms with Gasteiger partial charge in [0.15, 0.2) is 0 Å². The van der Waals surface area contributed by atoms with Crippen LogP contribution in [0.2, 0.25) is 10.0 Å². The molecule has 1 saturated heterocycles. The molecule has 1 amide bonds. The molecule has 1 unspecified atom stereocenters. The van der Waals surface area contributed by atoms with Crippen molar-refractivity contribution in [1.82, 2.24) is 9.80 Å². The Labute approximate surface area is 272 Å². The number of benzene rings is 3. The second kappa shape index (κ2) is 14.5. The highest BCUT2D eigenvalue weighted by molar-refractivity contribution is 7.84. The lowest BCUT2D eigenvalue weighted by atomic mass is 9.86. The number of fused-ring (bicyclic) bond motifs is 1. The highest BCUT2D eigenvalue weighted by Gasteiger charge is 2.29. The number of amides is 1. The van der Waals surface area contributed by atoms with Crippen molar-refractivity contribution in [2.45, 2.75) is 61.7 Å². The normalized spacial score (nSPS) is 17.1. The summed E-state index contributed by atoms with van der Waals surface area (Å²) in [6, 6.07) is 16.9. The van der Waals surface area contributed by atoms with E-state index >= 15 is 0 Å². The Kier molecular flexibility index (Phi) is 10.8. The first-order chi connectivity index (χ1) is 21.1. The smallest absolute Gasteiger partial charge is 0.272 e. The highest BCUT2D eigenvalue weighted by Crippen LogP contribution is 2.35. The van der Waals surface area contributed by atoms with Crippen LogP contribution >= 0.6 is 23.2 Å². The number of halogens is 2. The summed E-state index contributed by atoms with van der Waals surface area (Å²) in [5.41, 5.74) is 4.44. The van der Waals surface area contributed by atoms with Gasteiger partial charge in [-0.3, -0.25) is 19.1 Å². The summed E-state index contributed by atoms with van der Waals surface area (Å²) in [4.78, 5) is 30.3. The molecule has 2 aliphatic rings. The van der Waals surface area contributed by atoms with Crippen molar-refractivity contribution < 1.29 is 13.9 Å². The van der Waals surface area contributed by atoms with Crippen LogP contribution in [-0.4, -0.2) is 64.3 Å². The number of carbonyl (C=O) groups is 1.